The molecule has 0 saturated heterocycles. The Morgan fingerprint density at radius 1 is 0.944 bits per heavy atom. The smallest absolute Gasteiger partial charge is 0.119 e. The van der Waals surface area contributed by atoms with E-state index in [0.717, 1.165) is 24.4 Å². The summed E-state index contributed by atoms with van der Waals surface area (Å²) in [7, 11) is 0. The number of hydrogen-bond donors (Lipinski definition) is 1. The molecule has 0 fully saturated rings. The largest absolute Gasteiger partial charge is 0.493 e. The lowest BCUT2D eigenvalue weighted by Crippen LogP contribution is -2.01. The van der Waals surface area contributed by atoms with Gasteiger partial charge in [0.1, 0.15) is 5.75 Å². The van der Waals surface area contributed by atoms with Gasteiger partial charge in [-0.05, 0) is 36.8 Å². The van der Waals surface area contributed by atoms with Crippen LogP contribution in [-0.2, 0) is 6.42 Å². The molecule has 18 heavy (non-hydrogen) atoms. The molecule has 2 aromatic carbocycles. The number of hydrogen-bond acceptors (Lipinski definition) is 2. The Bertz CT molecular complexity index is 450. The first kappa shape index (κ1) is 12.5. The maximum atomic E-state index is 5.72. The molecule has 1 N–H and O–H groups in total. The first-order valence-electron chi connectivity index (χ1n) is 6.39. The summed E-state index contributed by atoms with van der Waals surface area (Å²) in [5.74, 6) is 0.924. The highest BCUT2D eigenvalue weighted by atomic mass is 16.5. The van der Waals surface area contributed by atoms with Crippen molar-refractivity contribution in [1.82, 2.24) is 0 Å². The van der Waals surface area contributed by atoms with Gasteiger partial charge in [-0.25, -0.2) is 0 Å². The summed E-state index contributed by atoms with van der Waals surface area (Å²) in [6.07, 6.45) is 0.940. The molecule has 0 atom stereocenters. The lowest BCUT2D eigenvalue weighted by atomic mass is 10.2. The van der Waals surface area contributed by atoms with Crippen molar-refractivity contribution in [3.63, 3.8) is 0 Å². The van der Waals surface area contributed by atoms with Crippen LogP contribution in [0.4, 0.5) is 5.69 Å². The Balaban J connectivity index is 1.80. The maximum Gasteiger partial charge on any atom is 0.119 e. The van der Waals surface area contributed by atoms with Crippen molar-refractivity contribution in [3.05, 3.63) is 60.2 Å². The Kier molecular flexibility index (Phi) is 4.65. The topological polar surface area (TPSA) is 21.3 Å². The summed E-state index contributed by atoms with van der Waals surface area (Å²) >= 11 is 0. The number of nitrogens with one attached hydrogen (secondary N) is 1. The average Bonchev–Trinajstić information content (AvgIpc) is 2.42. The highest BCUT2D eigenvalue weighted by Crippen LogP contribution is 2.15. The number of ether oxygens (including phenoxy) is 1. The molecule has 94 valence electrons. The normalized spacial score (nSPS) is 10.1. The van der Waals surface area contributed by atoms with Gasteiger partial charge in [0, 0.05) is 18.7 Å². The lowest BCUT2D eigenvalue weighted by Gasteiger charge is -2.08. The van der Waals surface area contributed by atoms with E-state index in [4.69, 9.17) is 4.74 Å². The van der Waals surface area contributed by atoms with Crippen molar-refractivity contribution in [2.24, 2.45) is 0 Å². The van der Waals surface area contributed by atoms with Gasteiger partial charge in [-0.2, -0.15) is 0 Å². The second-order valence-corrected chi connectivity index (χ2v) is 4.14. The number of benzene rings is 2. The van der Waals surface area contributed by atoms with Crippen molar-refractivity contribution in [3.8, 4) is 5.75 Å². The fourth-order valence-corrected chi connectivity index (χ4v) is 1.80. The molecule has 0 heterocycles. The summed E-state index contributed by atoms with van der Waals surface area (Å²) in [4.78, 5) is 0. The van der Waals surface area contributed by atoms with E-state index in [9.17, 15) is 0 Å². The van der Waals surface area contributed by atoms with Crippen molar-refractivity contribution in [2.75, 3.05) is 18.5 Å². The summed E-state index contributed by atoms with van der Waals surface area (Å²) in [5, 5.41) is 3.26. The molecule has 2 nitrogen and oxygen atoms in total. The van der Waals surface area contributed by atoms with E-state index in [2.05, 4.69) is 36.5 Å². The van der Waals surface area contributed by atoms with Crippen LogP contribution >= 0.6 is 0 Å². The first-order chi connectivity index (χ1) is 8.88. The number of anilines is 1. The zero-order valence-corrected chi connectivity index (χ0v) is 10.7. The SMILES string of the molecule is CCNc1ccc(OCCc2ccccc2)cc1. The third-order valence-corrected chi connectivity index (χ3v) is 2.74. The summed E-state index contributed by atoms with van der Waals surface area (Å²) < 4.78 is 5.72. The molecule has 0 aromatic heterocycles. The zero-order chi connectivity index (χ0) is 12.6. The fourth-order valence-electron chi connectivity index (χ4n) is 1.80. The minimum atomic E-state index is 0.713. The summed E-state index contributed by atoms with van der Waals surface area (Å²) in [6.45, 7) is 3.74. The minimum absolute atomic E-state index is 0.713. The molecule has 2 rings (SSSR count). The van der Waals surface area contributed by atoms with Crippen LogP contribution in [0.1, 0.15) is 12.5 Å². The molecule has 0 spiro atoms. The van der Waals surface area contributed by atoms with Crippen LogP contribution in [0.15, 0.2) is 54.6 Å². The van der Waals surface area contributed by atoms with Gasteiger partial charge in [0.2, 0.25) is 0 Å². The van der Waals surface area contributed by atoms with Crippen molar-refractivity contribution in [1.29, 1.82) is 0 Å². The highest BCUT2D eigenvalue weighted by Gasteiger charge is 1.96. The van der Waals surface area contributed by atoms with Gasteiger partial charge >= 0.3 is 0 Å². The van der Waals surface area contributed by atoms with Gasteiger partial charge < -0.3 is 10.1 Å². The molecule has 0 bridgehead atoms. The Morgan fingerprint density at radius 2 is 1.67 bits per heavy atom. The predicted molar refractivity (Wildman–Crippen MR) is 76.2 cm³/mol. The average molecular weight is 241 g/mol. The van der Waals surface area contributed by atoms with Crippen LogP contribution in [-0.4, -0.2) is 13.2 Å². The van der Waals surface area contributed by atoms with Crippen molar-refractivity contribution in [2.45, 2.75) is 13.3 Å². The molecule has 0 aliphatic rings. The molecule has 0 unspecified atom stereocenters. The second-order valence-electron chi connectivity index (χ2n) is 4.14. The molecule has 0 aliphatic carbocycles. The maximum absolute atomic E-state index is 5.72. The standard InChI is InChI=1S/C16H19NO/c1-2-17-15-8-10-16(11-9-15)18-13-12-14-6-4-3-5-7-14/h3-11,17H,2,12-13H2,1H3. The molecule has 2 heteroatoms. The zero-order valence-electron chi connectivity index (χ0n) is 10.7. The van der Waals surface area contributed by atoms with Crippen LogP contribution < -0.4 is 10.1 Å². The summed E-state index contributed by atoms with van der Waals surface area (Å²) in [5.41, 5.74) is 2.44. The molecule has 0 amide bonds. The van der Waals surface area contributed by atoms with Gasteiger partial charge in [-0.15, -0.1) is 0 Å². The van der Waals surface area contributed by atoms with E-state index in [0.29, 0.717) is 6.61 Å². The molecular formula is C16H19NO. The van der Waals surface area contributed by atoms with E-state index in [1.165, 1.54) is 5.56 Å². The fraction of sp³-hybridized carbons (Fsp3) is 0.250. The van der Waals surface area contributed by atoms with Gasteiger partial charge in [0.25, 0.3) is 0 Å². The third kappa shape index (κ3) is 3.81. The van der Waals surface area contributed by atoms with Crippen LogP contribution in [0, 0.1) is 0 Å². The molecule has 0 aliphatic heterocycles. The van der Waals surface area contributed by atoms with E-state index < -0.39 is 0 Å². The molecular weight excluding hydrogens is 222 g/mol. The predicted octanol–water partition coefficient (Wildman–Crippen LogP) is 3.74. The second kappa shape index (κ2) is 6.70. The third-order valence-electron chi connectivity index (χ3n) is 2.74. The van der Waals surface area contributed by atoms with Crippen molar-refractivity contribution < 1.29 is 4.74 Å². The van der Waals surface area contributed by atoms with Crippen LogP contribution in [0.3, 0.4) is 0 Å². The van der Waals surface area contributed by atoms with Crippen LogP contribution in [0.25, 0.3) is 0 Å². The molecule has 0 saturated carbocycles. The Hall–Kier alpha value is -1.96. The summed E-state index contributed by atoms with van der Waals surface area (Å²) in [6, 6.07) is 18.5. The van der Waals surface area contributed by atoms with E-state index in [1.54, 1.807) is 0 Å². The monoisotopic (exact) mass is 241 g/mol. The van der Waals surface area contributed by atoms with Crippen molar-refractivity contribution >= 4 is 5.69 Å². The van der Waals surface area contributed by atoms with E-state index in [-0.39, 0.29) is 0 Å². The Morgan fingerprint density at radius 3 is 2.33 bits per heavy atom. The molecule has 0 radical (unpaired) electrons. The van der Waals surface area contributed by atoms with E-state index >= 15 is 0 Å². The highest BCUT2D eigenvalue weighted by molar-refractivity contribution is 5.46. The molecule has 2 aromatic rings. The van der Waals surface area contributed by atoms with Gasteiger partial charge in [-0.1, -0.05) is 30.3 Å². The first-order valence-corrected chi connectivity index (χ1v) is 6.39. The Labute approximate surface area is 109 Å². The minimum Gasteiger partial charge on any atom is -0.493 e. The van der Waals surface area contributed by atoms with E-state index in [1.807, 2.05) is 30.3 Å². The van der Waals surface area contributed by atoms with Gasteiger partial charge in [0.15, 0.2) is 0 Å². The number of rotatable bonds is 6. The van der Waals surface area contributed by atoms with Gasteiger partial charge in [0.05, 0.1) is 6.61 Å². The van der Waals surface area contributed by atoms with Crippen LogP contribution in [0.5, 0.6) is 5.75 Å². The quantitative estimate of drug-likeness (QED) is 0.831. The lowest BCUT2D eigenvalue weighted by molar-refractivity contribution is 0.322. The van der Waals surface area contributed by atoms with Crippen LogP contribution in [0.2, 0.25) is 0 Å². The van der Waals surface area contributed by atoms with Gasteiger partial charge in [-0.3, -0.25) is 0 Å².